The monoisotopic (exact) mass is 279 g/mol. The van der Waals surface area contributed by atoms with Crippen molar-refractivity contribution in [3.05, 3.63) is 11.4 Å². The molecule has 1 aliphatic rings. The van der Waals surface area contributed by atoms with E-state index < -0.39 is 0 Å². The van der Waals surface area contributed by atoms with Crippen molar-refractivity contribution in [3.8, 4) is 16.5 Å². The third kappa shape index (κ3) is 2.71. The molecule has 6 nitrogen and oxygen atoms in total. The first-order valence-corrected chi connectivity index (χ1v) is 7.26. The maximum absolute atomic E-state index is 5.19. The molecule has 0 saturated carbocycles. The quantitative estimate of drug-likeness (QED) is 0.887. The lowest BCUT2D eigenvalue weighted by Gasteiger charge is -2.16. The summed E-state index contributed by atoms with van der Waals surface area (Å²) in [5, 5.41) is 12.7. The molecule has 0 unspecified atom stereocenters. The highest BCUT2D eigenvalue weighted by Gasteiger charge is 2.15. The molecule has 0 radical (unpaired) electrons. The molecule has 0 amide bonds. The molecule has 7 heteroatoms. The molecular formula is C12H17N5OS. The fourth-order valence-corrected chi connectivity index (χ4v) is 2.89. The van der Waals surface area contributed by atoms with Crippen LogP contribution in [0.2, 0.25) is 0 Å². The van der Waals surface area contributed by atoms with Crippen molar-refractivity contribution in [1.29, 1.82) is 0 Å². The van der Waals surface area contributed by atoms with E-state index in [2.05, 4.69) is 25.4 Å². The number of thiophene rings is 1. The summed E-state index contributed by atoms with van der Waals surface area (Å²) >= 11 is 1.60. The summed E-state index contributed by atoms with van der Waals surface area (Å²) in [6.07, 6.45) is 1.12. The van der Waals surface area contributed by atoms with Gasteiger partial charge >= 0.3 is 0 Å². The fourth-order valence-electron chi connectivity index (χ4n) is 2.10. The molecule has 2 aromatic heterocycles. The Labute approximate surface area is 115 Å². The molecule has 1 fully saturated rings. The van der Waals surface area contributed by atoms with Gasteiger partial charge in [0.2, 0.25) is 5.95 Å². The molecule has 0 aliphatic carbocycles. The molecule has 1 aliphatic heterocycles. The predicted molar refractivity (Wildman–Crippen MR) is 75.9 cm³/mol. The second-order valence-electron chi connectivity index (χ2n) is 4.43. The number of nitrogens with one attached hydrogen (secondary N) is 2. The van der Waals surface area contributed by atoms with Gasteiger partial charge in [-0.1, -0.05) is 0 Å². The topological polar surface area (TPSA) is 66.1 Å². The molecule has 2 N–H and O–H groups in total. The standard InChI is InChI=1S/C12H17N5OS/c1-18-9-7-10(19-8-9)11-14-12(16-15-11)17-5-2-3-13-4-6-17/h7-8,13H,2-6H2,1H3,(H,14,15,16). The summed E-state index contributed by atoms with van der Waals surface area (Å²) in [5.41, 5.74) is 0. The first-order valence-electron chi connectivity index (χ1n) is 6.38. The molecule has 0 bridgehead atoms. The lowest BCUT2D eigenvalue weighted by Crippen LogP contribution is -2.28. The highest BCUT2D eigenvalue weighted by Crippen LogP contribution is 2.29. The second kappa shape index (κ2) is 5.58. The van der Waals surface area contributed by atoms with Gasteiger partial charge in [-0.2, -0.15) is 4.98 Å². The van der Waals surface area contributed by atoms with E-state index >= 15 is 0 Å². The Morgan fingerprint density at radius 3 is 3.16 bits per heavy atom. The zero-order valence-corrected chi connectivity index (χ0v) is 11.7. The van der Waals surface area contributed by atoms with Gasteiger partial charge < -0.3 is 15.0 Å². The summed E-state index contributed by atoms with van der Waals surface area (Å²) in [7, 11) is 1.67. The van der Waals surface area contributed by atoms with Crippen LogP contribution in [0.1, 0.15) is 6.42 Å². The van der Waals surface area contributed by atoms with Gasteiger partial charge in [0.1, 0.15) is 5.75 Å². The lowest BCUT2D eigenvalue weighted by atomic mass is 10.4. The number of rotatable bonds is 3. The van der Waals surface area contributed by atoms with Crippen LogP contribution in [0.3, 0.4) is 0 Å². The SMILES string of the molecule is COc1csc(-c2nc(N3CCCNCC3)n[nH]2)c1. The molecule has 0 spiro atoms. The Balaban J connectivity index is 1.78. The molecule has 2 aromatic rings. The van der Waals surface area contributed by atoms with Gasteiger partial charge in [-0.15, -0.1) is 16.4 Å². The Kier molecular flexibility index (Phi) is 3.65. The van der Waals surface area contributed by atoms with E-state index in [0.29, 0.717) is 0 Å². The van der Waals surface area contributed by atoms with Gasteiger partial charge in [0.25, 0.3) is 0 Å². The van der Waals surface area contributed by atoms with E-state index in [1.54, 1.807) is 18.4 Å². The van der Waals surface area contributed by atoms with Crippen LogP contribution in [0.25, 0.3) is 10.7 Å². The van der Waals surface area contributed by atoms with Crippen LogP contribution in [-0.4, -0.2) is 48.5 Å². The Hall–Kier alpha value is -1.60. The third-order valence-corrected chi connectivity index (χ3v) is 4.06. The minimum atomic E-state index is 0.783. The largest absolute Gasteiger partial charge is 0.496 e. The number of methoxy groups -OCH3 is 1. The maximum atomic E-state index is 5.19. The van der Waals surface area contributed by atoms with Crippen LogP contribution in [0, 0.1) is 0 Å². The Bertz CT molecular complexity index is 530. The van der Waals surface area contributed by atoms with Gasteiger partial charge in [0, 0.05) is 31.1 Å². The number of nitrogens with zero attached hydrogens (tertiary/aromatic N) is 3. The highest BCUT2D eigenvalue weighted by molar-refractivity contribution is 7.13. The number of H-pyrrole nitrogens is 1. The van der Waals surface area contributed by atoms with E-state index in [4.69, 9.17) is 4.74 Å². The minimum absolute atomic E-state index is 0.783. The van der Waals surface area contributed by atoms with Crippen molar-refractivity contribution in [2.24, 2.45) is 0 Å². The highest BCUT2D eigenvalue weighted by atomic mass is 32.1. The Morgan fingerprint density at radius 2 is 2.32 bits per heavy atom. The smallest absolute Gasteiger partial charge is 0.245 e. The number of ether oxygens (including phenoxy) is 1. The molecule has 3 rings (SSSR count). The summed E-state index contributed by atoms with van der Waals surface area (Å²) in [6, 6.07) is 1.97. The van der Waals surface area contributed by atoms with E-state index in [-0.39, 0.29) is 0 Å². The molecular weight excluding hydrogens is 262 g/mol. The van der Waals surface area contributed by atoms with Crippen LogP contribution < -0.4 is 15.0 Å². The second-order valence-corrected chi connectivity index (χ2v) is 5.34. The first-order chi connectivity index (χ1) is 9.36. The normalized spacial score (nSPS) is 16.4. The van der Waals surface area contributed by atoms with Crippen LogP contribution in [-0.2, 0) is 0 Å². The van der Waals surface area contributed by atoms with Gasteiger partial charge in [0.15, 0.2) is 5.82 Å². The number of aromatic amines is 1. The molecule has 0 aromatic carbocycles. The van der Waals surface area contributed by atoms with Crippen molar-refractivity contribution in [2.45, 2.75) is 6.42 Å². The molecule has 19 heavy (non-hydrogen) atoms. The number of anilines is 1. The van der Waals surface area contributed by atoms with Crippen LogP contribution in [0.5, 0.6) is 5.75 Å². The summed E-state index contributed by atoms with van der Waals surface area (Å²) < 4.78 is 5.19. The predicted octanol–water partition coefficient (Wildman–Crippen LogP) is 1.34. The van der Waals surface area contributed by atoms with E-state index in [1.807, 2.05) is 11.4 Å². The van der Waals surface area contributed by atoms with Crippen LogP contribution in [0.4, 0.5) is 5.95 Å². The summed E-state index contributed by atoms with van der Waals surface area (Å²) in [6.45, 7) is 4.00. The third-order valence-electron chi connectivity index (χ3n) is 3.14. The van der Waals surface area contributed by atoms with Crippen molar-refractivity contribution >= 4 is 17.3 Å². The lowest BCUT2D eigenvalue weighted by molar-refractivity contribution is 0.417. The van der Waals surface area contributed by atoms with Crippen molar-refractivity contribution < 1.29 is 4.74 Å². The van der Waals surface area contributed by atoms with E-state index in [1.165, 1.54) is 0 Å². The molecule has 0 atom stereocenters. The maximum Gasteiger partial charge on any atom is 0.245 e. The van der Waals surface area contributed by atoms with Gasteiger partial charge in [-0.05, 0) is 13.0 Å². The number of hydrogen-bond acceptors (Lipinski definition) is 6. The average molecular weight is 279 g/mol. The zero-order chi connectivity index (χ0) is 13.1. The average Bonchev–Trinajstić information content (AvgIpc) is 3.02. The Morgan fingerprint density at radius 1 is 1.37 bits per heavy atom. The fraction of sp³-hybridized carbons (Fsp3) is 0.500. The van der Waals surface area contributed by atoms with Crippen LogP contribution in [0.15, 0.2) is 11.4 Å². The molecule has 3 heterocycles. The van der Waals surface area contributed by atoms with Crippen molar-refractivity contribution in [1.82, 2.24) is 20.5 Å². The van der Waals surface area contributed by atoms with E-state index in [0.717, 1.165) is 55.0 Å². The van der Waals surface area contributed by atoms with Gasteiger partial charge in [0.05, 0.1) is 12.0 Å². The van der Waals surface area contributed by atoms with E-state index in [9.17, 15) is 0 Å². The zero-order valence-electron chi connectivity index (χ0n) is 10.8. The van der Waals surface area contributed by atoms with Gasteiger partial charge in [-0.3, -0.25) is 5.10 Å². The molecule has 1 saturated heterocycles. The minimum Gasteiger partial charge on any atom is -0.496 e. The first kappa shape index (κ1) is 12.4. The molecule has 102 valence electrons. The van der Waals surface area contributed by atoms with Crippen molar-refractivity contribution in [3.63, 3.8) is 0 Å². The van der Waals surface area contributed by atoms with Gasteiger partial charge in [-0.25, -0.2) is 0 Å². The summed E-state index contributed by atoms with van der Waals surface area (Å²) in [5.74, 6) is 2.45. The summed E-state index contributed by atoms with van der Waals surface area (Å²) in [4.78, 5) is 7.84. The number of hydrogen-bond donors (Lipinski definition) is 2. The van der Waals surface area contributed by atoms with Crippen LogP contribution >= 0.6 is 11.3 Å². The van der Waals surface area contributed by atoms with Crippen molar-refractivity contribution in [2.75, 3.05) is 38.2 Å². The number of aromatic nitrogens is 3.